The van der Waals surface area contributed by atoms with E-state index in [-0.39, 0.29) is 18.7 Å². The topological polar surface area (TPSA) is 79.3 Å². The zero-order valence-electron chi connectivity index (χ0n) is 10.5. The maximum Gasteiger partial charge on any atom is 0.303 e. The molecule has 0 spiro atoms. The second-order valence-electron chi connectivity index (χ2n) is 4.96. The smallest absolute Gasteiger partial charge is 0.303 e. The minimum Gasteiger partial charge on any atom is -0.481 e. The number of hydrogen-bond donors (Lipinski definition) is 2. The lowest BCUT2D eigenvalue weighted by molar-refractivity contribution is -0.139. The third-order valence-electron chi connectivity index (χ3n) is 2.35. The third kappa shape index (κ3) is 5.57. The number of anilines is 1. The number of aliphatic carboxylic acids is 1. The van der Waals surface area contributed by atoms with Crippen LogP contribution in [0.1, 0.15) is 26.7 Å². The first-order valence-corrected chi connectivity index (χ1v) is 6.69. The molecule has 0 aliphatic rings. The summed E-state index contributed by atoms with van der Waals surface area (Å²) in [5, 5.41) is 11.7. The Balaban J connectivity index is 2.64. The molecule has 19 heavy (non-hydrogen) atoms. The van der Waals surface area contributed by atoms with E-state index in [1.165, 1.54) is 6.20 Å². The molecule has 0 radical (unpaired) electrons. The van der Waals surface area contributed by atoms with Crippen LogP contribution in [0.15, 0.2) is 16.7 Å². The van der Waals surface area contributed by atoms with E-state index in [9.17, 15) is 9.59 Å². The van der Waals surface area contributed by atoms with Gasteiger partial charge in [0.05, 0.1) is 22.8 Å². The zero-order chi connectivity index (χ0) is 14.6. The quantitative estimate of drug-likeness (QED) is 0.799. The first-order chi connectivity index (χ1) is 8.69. The number of pyridine rings is 1. The molecule has 1 aromatic heterocycles. The number of carboxylic acids is 1. The number of halogens is 2. The van der Waals surface area contributed by atoms with Crippen molar-refractivity contribution in [2.75, 3.05) is 5.32 Å². The standard InChI is InChI=1S/C12H14BrClN2O3/c1-12(2,5-10(18)19)4-9(17)16-7-3-8(13)11(14)15-6-7/h3,6H,4-5H2,1-2H3,(H,16,17)(H,18,19). The van der Waals surface area contributed by atoms with Gasteiger partial charge in [-0.2, -0.15) is 0 Å². The molecule has 7 heteroatoms. The van der Waals surface area contributed by atoms with Crippen molar-refractivity contribution < 1.29 is 14.7 Å². The molecule has 5 nitrogen and oxygen atoms in total. The second-order valence-corrected chi connectivity index (χ2v) is 6.17. The van der Waals surface area contributed by atoms with Crippen molar-refractivity contribution in [3.8, 4) is 0 Å². The van der Waals surface area contributed by atoms with Crippen molar-refractivity contribution in [2.24, 2.45) is 5.41 Å². The van der Waals surface area contributed by atoms with Gasteiger partial charge < -0.3 is 10.4 Å². The summed E-state index contributed by atoms with van der Waals surface area (Å²) in [5.74, 6) is -1.18. The van der Waals surface area contributed by atoms with Crippen LogP contribution in [-0.4, -0.2) is 22.0 Å². The molecule has 1 amide bonds. The van der Waals surface area contributed by atoms with E-state index in [4.69, 9.17) is 16.7 Å². The van der Waals surface area contributed by atoms with E-state index in [1.807, 2.05) is 0 Å². The molecular formula is C12H14BrClN2O3. The van der Waals surface area contributed by atoms with Gasteiger partial charge in [0.25, 0.3) is 0 Å². The second kappa shape index (κ2) is 6.34. The Morgan fingerprint density at radius 2 is 2.11 bits per heavy atom. The number of hydrogen-bond acceptors (Lipinski definition) is 3. The van der Waals surface area contributed by atoms with Gasteiger partial charge in [0.1, 0.15) is 5.15 Å². The number of carboxylic acid groups (broad SMARTS) is 1. The van der Waals surface area contributed by atoms with Crippen LogP contribution in [-0.2, 0) is 9.59 Å². The Morgan fingerprint density at radius 3 is 2.63 bits per heavy atom. The summed E-state index contributed by atoms with van der Waals surface area (Å²) < 4.78 is 0.580. The SMILES string of the molecule is CC(C)(CC(=O)O)CC(=O)Nc1cnc(Cl)c(Br)c1. The highest BCUT2D eigenvalue weighted by atomic mass is 79.9. The Hall–Kier alpha value is -1.14. The van der Waals surface area contributed by atoms with Crippen molar-refractivity contribution in [1.29, 1.82) is 0 Å². The summed E-state index contributed by atoms with van der Waals surface area (Å²) in [4.78, 5) is 26.4. The van der Waals surface area contributed by atoms with Crippen LogP contribution in [0.4, 0.5) is 5.69 Å². The summed E-state index contributed by atoms with van der Waals surface area (Å²) in [7, 11) is 0. The largest absolute Gasteiger partial charge is 0.481 e. The number of rotatable bonds is 5. The van der Waals surface area contributed by atoms with Crippen molar-refractivity contribution in [3.05, 3.63) is 21.9 Å². The number of amides is 1. The fourth-order valence-corrected chi connectivity index (χ4v) is 2.05. The van der Waals surface area contributed by atoms with E-state index in [0.29, 0.717) is 15.3 Å². The Bertz CT molecular complexity index is 506. The normalized spacial score (nSPS) is 11.2. The lowest BCUT2D eigenvalue weighted by Crippen LogP contribution is -2.24. The van der Waals surface area contributed by atoms with Gasteiger partial charge >= 0.3 is 5.97 Å². The lowest BCUT2D eigenvalue weighted by atomic mass is 9.85. The molecule has 1 rings (SSSR count). The van der Waals surface area contributed by atoms with E-state index < -0.39 is 11.4 Å². The van der Waals surface area contributed by atoms with Gasteiger partial charge in [0.2, 0.25) is 5.91 Å². The van der Waals surface area contributed by atoms with Gasteiger partial charge in [-0.05, 0) is 27.4 Å². The van der Waals surface area contributed by atoms with Gasteiger partial charge in [-0.15, -0.1) is 0 Å². The van der Waals surface area contributed by atoms with E-state index in [2.05, 4.69) is 26.2 Å². The maximum absolute atomic E-state index is 11.8. The minimum absolute atomic E-state index is 0.0665. The third-order valence-corrected chi connectivity index (χ3v) is 3.48. The van der Waals surface area contributed by atoms with Crippen LogP contribution in [0.2, 0.25) is 5.15 Å². The molecule has 0 saturated heterocycles. The Morgan fingerprint density at radius 1 is 1.47 bits per heavy atom. The number of aromatic nitrogens is 1. The molecule has 0 saturated carbocycles. The summed E-state index contributed by atoms with van der Waals surface area (Å²) in [6.07, 6.45) is 1.48. The minimum atomic E-state index is -0.922. The van der Waals surface area contributed by atoms with Crippen LogP contribution in [0.25, 0.3) is 0 Å². The van der Waals surface area contributed by atoms with Crippen molar-refractivity contribution in [2.45, 2.75) is 26.7 Å². The monoisotopic (exact) mass is 348 g/mol. The van der Waals surface area contributed by atoms with Crippen LogP contribution in [0.3, 0.4) is 0 Å². The van der Waals surface area contributed by atoms with E-state index in [0.717, 1.165) is 0 Å². The fourth-order valence-electron chi connectivity index (χ4n) is 1.60. The molecular weight excluding hydrogens is 336 g/mol. The average Bonchev–Trinajstić information content (AvgIpc) is 2.20. The van der Waals surface area contributed by atoms with Gasteiger partial charge in [0, 0.05) is 6.42 Å². The Kier molecular flexibility index (Phi) is 5.31. The van der Waals surface area contributed by atoms with Gasteiger partial charge in [-0.25, -0.2) is 4.98 Å². The highest BCUT2D eigenvalue weighted by Crippen LogP contribution is 2.27. The summed E-state index contributed by atoms with van der Waals surface area (Å²) in [6.45, 7) is 3.47. The molecule has 104 valence electrons. The molecule has 1 heterocycles. The van der Waals surface area contributed by atoms with Gasteiger partial charge in [-0.3, -0.25) is 9.59 Å². The summed E-state index contributed by atoms with van der Waals surface area (Å²) in [5.41, 5.74) is -0.0973. The average molecular weight is 350 g/mol. The molecule has 0 aliphatic heterocycles. The molecule has 0 unspecified atom stereocenters. The molecule has 0 aliphatic carbocycles. The van der Waals surface area contributed by atoms with Crippen molar-refractivity contribution in [1.82, 2.24) is 4.98 Å². The number of carbonyl (C=O) groups excluding carboxylic acids is 1. The fraction of sp³-hybridized carbons (Fsp3) is 0.417. The Labute approximate surface area is 124 Å². The van der Waals surface area contributed by atoms with Crippen LogP contribution in [0, 0.1) is 5.41 Å². The number of nitrogens with one attached hydrogen (secondary N) is 1. The molecule has 0 bridgehead atoms. The first kappa shape index (κ1) is 15.9. The predicted molar refractivity (Wildman–Crippen MR) is 76.2 cm³/mol. The zero-order valence-corrected chi connectivity index (χ0v) is 12.9. The summed E-state index contributed by atoms with van der Waals surface area (Å²) in [6, 6.07) is 1.64. The first-order valence-electron chi connectivity index (χ1n) is 5.52. The van der Waals surface area contributed by atoms with Crippen molar-refractivity contribution in [3.63, 3.8) is 0 Å². The number of carbonyl (C=O) groups is 2. The van der Waals surface area contributed by atoms with Gasteiger partial charge in [-0.1, -0.05) is 25.4 Å². The van der Waals surface area contributed by atoms with Crippen LogP contribution < -0.4 is 5.32 Å². The molecule has 0 atom stereocenters. The molecule has 1 aromatic rings. The molecule has 0 aromatic carbocycles. The molecule has 0 fully saturated rings. The highest BCUT2D eigenvalue weighted by Gasteiger charge is 2.25. The van der Waals surface area contributed by atoms with Crippen LogP contribution >= 0.6 is 27.5 Å². The number of nitrogens with zero attached hydrogens (tertiary/aromatic N) is 1. The van der Waals surface area contributed by atoms with Crippen molar-refractivity contribution >= 4 is 45.1 Å². The predicted octanol–water partition coefficient (Wildman–Crippen LogP) is 3.33. The van der Waals surface area contributed by atoms with Crippen LogP contribution in [0.5, 0.6) is 0 Å². The van der Waals surface area contributed by atoms with E-state index >= 15 is 0 Å². The highest BCUT2D eigenvalue weighted by molar-refractivity contribution is 9.10. The molecule has 2 N–H and O–H groups in total. The van der Waals surface area contributed by atoms with Gasteiger partial charge in [0.15, 0.2) is 0 Å². The maximum atomic E-state index is 11.8. The summed E-state index contributed by atoms with van der Waals surface area (Å²) >= 11 is 8.95. The lowest BCUT2D eigenvalue weighted by Gasteiger charge is -2.21. The van der Waals surface area contributed by atoms with E-state index in [1.54, 1.807) is 19.9 Å².